The summed E-state index contributed by atoms with van der Waals surface area (Å²) >= 11 is 0. The van der Waals surface area contributed by atoms with E-state index in [1.807, 2.05) is 13.0 Å². The molecule has 2 heterocycles. The standard InChI is InChI=1S/C19H21NO5S/c1-11-9-17(12(2)8-15(11)23-3)26(21,22)20-18-14-5-7-24-16(14)10-13-4-6-25-19(13)18/h8-10,20H,4-7H2,1-3H3. The molecule has 0 bridgehead atoms. The van der Waals surface area contributed by atoms with Gasteiger partial charge in [0.15, 0.2) is 0 Å². The lowest BCUT2D eigenvalue weighted by molar-refractivity contribution is 0.356. The molecule has 0 atom stereocenters. The fraction of sp³-hybridized carbons (Fsp3) is 0.368. The normalized spacial score (nSPS) is 15.0. The van der Waals surface area contributed by atoms with E-state index in [-0.39, 0.29) is 4.90 Å². The van der Waals surface area contributed by atoms with Crippen LogP contribution in [0.25, 0.3) is 0 Å². The Hall–Kier alpha value is -2.41. The van der Waals surface area contributed by atoms with Crippen molar-refractivity contribution >= 4 is 15.7 Å². The van der Waals surface area contributed by atoms with E-state index < -0.39 is 10.0 Å². The van der Waals surface area contributed by atoms with E-state index >= 15 is 0 Å². The fourth-order valence-electron chi connectivity index (χ4n) is 3.56. The van der Waals surface area contributed by atoms with Gasteiger partial charge in [0, 0.05) is 24.0 Å². The zero-order valence-corrected chi connectivity index (χ0v) is 15.8. The lowest BCUT2D eigenvalue weighted by Gasteiger charge is -2.17. The average Bonchev–Trinajstić information content (AvgIpc) is 3.25. The second-order valence-corrected chi connectivity index (χ2v) is 8.26. The van der Waals surface area contributed by atoms with Gasteiger partial charge in [-0.05, 0) is 43.2 Å². The maximum Gasteiger partial charge on any atom is 0.262 e. The maximum atomic E-state index is 13.1. The Kier molecular flexibility index (Phi) is 3.99. The van der Waals surface area contributed by atoms with Gasteiger partial charge < -0.3 is 14.2 Å². The SMILES string of the molecule is COc1cc(C)c(S(=O)(=O)Nc2c3c(cc4c2OCC4)OCC3)cc1C. The predicted molar refractivity (Wildman–Crippen MR) is 98.1 cm³/mol. The first-order chi connectivity index (χ1) is 12.4. The van der Waals surface area contributed by atoms with Crippen molar-refractivity contribution in [3.63, 3.8) is 0 Å². The van der Waals surface area contributed by atoms with E-state index in [9.17, 15) is 8.42 Å². The van der Waals surface area contributed by atoms with Gasteiger partial charge in [-0.25, -0.2) is 8.42 Å². The third-order valence-corrected chi connectivity index (χ3v) is 6.36. The first kappa shape index (κ1) is 17.0. The zero-order valence-electron chi connectivity index (χ0n) is 15.0. The molecule has 26 heavy (non-hydrogen) atoms. The van der Waals surface area contributed by atoms with Gasteiger partial charge in [-0.2, -0.15) is 0 Å². The molecule has 4 rings (SSSR count). The summed E-state index contributed by atoms with van der Waals surface area (Å²) in [6.45, 7) is 4.68. The molecule has 0 aliphatic carbocycles. The highest BCUT2D eigenvalue weighted by Gasteiger charge is 2.30. The second-order valence-electron chi connectivity index (χ2n) is 6.61. The lowest BCUT2D eigenvalue weighted by atomic mass is 10.0. The van der Waals surface area contributed by atoms with Crippen molar-refractivity contribution < 1.29 is 22.6 Å². The van der Waals surface area contributed by atoms with Crippen LogP contribution < -0.4 is 18.9 Å². The zero-order chi connectivity index (χ0) is 18.5. The van der Waals surface area contributed by atoms with E-state index in [2.05, 4.69) is 4.72 Å². The molecule has 0 aromatic heterocycles. The third-order valence-electron chi connectivity index (χ3n) is 4.87. The van der Waals surface area contributed by atoms with Crippen LogP contribution in [0.15, 0.2) is 23.1 Å². The number of sulfonamides is 1. The molecule has 0 radical (unpaired) electrons. The van der Waals surface area contributed by atoms with Crippen LogP contribution in [0, 0.1) is 13.8 Å². The quantitative estimate of drug-likeness (QED) is 0.889. The van der Waals surface area contributed by atoms with Crippen LogP contribution in [0.2, 0.25) is 0 Å². The Labute approximate surface area is 153 Å². The van der Waals surface area contributed by atoms with E-state index in [0.717, 1.165) is 28.9 Å². The molecule has 0 saturated heterocycles. The lowest BCUT2D eigenvalue weighted by Crippen LogP contribution is -2.16. The van der Waals surface area contributed by atoms with Crippen molar-refractivity contribution in [1.29, 1.82) is 0 Å². The first-order valence-electron chi connectivity index (χ1n) is 8.53. The van der Waals surface area contributed by atoms with Gasteiger partial charge in [0.2, 0.25) is 0 Å². The van der Waals surface area contributed by atoms with Gasteiger partial charge in [0.05, 0.1) is 30.9 Å². The number of anilines is 1. The number of benzene rings is 2. The van der Waals surface area contributed by atoms with Gasteiger partial charge in [0.25, 0.3) is 10.0 Å². The predicted octanol–water partition coefficient (Wildman–Crippen LogP) is 2.98. The van der Waals surface area contributed by atoms with Gasteiger partial charge in [-0.1, -0.05) is 0 Å². The van der Waals surface area contributed by atoms with Crippen molar-refractivity contribution in [3.8, 4) is 17.2 Å². The van der Waals surface area contributed by atoms with Crippen LogP contribution in [0.3, 0.4) is 0 Å². The van der Waals surface area contributed by atoms with Gasteiger partial charge in [0.1, 0.15) is 17.2 Å². The van der Waals surface area contributed by atoms with Crippen molar-refractivity contribution in [3.05, 3.63) is 40.5 Å². The summed E-state index contributed by atoms with van der Waals surface area (Å²) in [5.74, 6) is 2.04. The number of methoxy groups -OCH3 is 1. The van der Waals surface area contributed by atoms with Crippen LogP contribution >= 0.6 is 0 Å². The Morgan fingerprint density at radius 1 is 1.04 bits per heavy atom. The minimum atomic E-state index is -3.78. The highest BCUT2D eigenvalue weighted by molar-refractivity contribution is 7.92. The van der Waals surface area contributed by atoms with Gasteiger partial charge in [-0.15, -0.1) is 0 Å². The van der Waals surface area contributed by atoms with Crippen LogP contribution in [-0.4, -0.2) is 28.7 Å². The molecule has 7 heteroatoms. The first-order valence-corrected chi connectivity index (χ1v) is 10.0. The average molecular weight is 375 g/mol. The smallest absolute Gasteiger partial charge is 0.262 e. The number of nitrogens with one attached hydrogen (secondary N) is 1. The molecule has 2 aromatic carbocycles. The Bertz CT molecular complexity index is 965. The molecule has 138 valence electrons. The number of ether oxygens (including phenoxy) is 3. The molecule has 2 aromatic rings. The molecule has 0 saturated carbocycles. The number of aryl methyl sites for hydroxylation is 2. The molecule has 0 amide bonds. The molecule has 2 aliphatic heterocycles. The van der Waals surface area contributed by atoms with Crippen LogP contribution in [0.4, 0.5) is 5.69 Å². The monoisotopic (exact) mass is 375 g/mol. The molecule has 0 unspecified atom stereocenters. The molecular weight excluding hydrogens is 354 g/mol. The molecule has 6 nitrogen and oxygen atoms in total. The summed E-state index contributed by atoms with van der Waals surface area (Å²) in [4.78, 5) is 0.235. The Morgan fingerprint density at radius 3 is 2.58 bits per heavy atom. The van der Waals surface area contributed by atoms with Crippen molar-refractivity contribution in [2.24, 2.45) is 0 Å². The van der Waals surface area contributed by atoms with E-state index in [1.54, 1.807) is 26.2 Å². The van der Waals surface area contributed by atoms with Crippen molar-refractivity contribution in [2.75, 3.05) is 25.0 Å². The summed E-state index contributed by atoms with van der Waals surface area (Å²) in [6, 6.07) is 5.34. The largest absolute Gasteiger partial charge is 0.496 e. The molecule has 0 spiro atoms. The van der Waals surface area contributed by atoms with Crippen LogP contribution in [-0.2, 0) is 22.9 Å². The Balaban J connectivity index is 1.80. The number of hydrogen-bond donors (Lipinski definition) is 1. The number of fused-ring (bicyclic) bond motifs is 2. The fourth-order valence-corrected chi connectivity index (χ4v) is 4.96. The highest BCUT2D eigenvalue weighted by Crippen LogP contribution is 2.45. The number of rotatable bonds is 4. The van der Waals surface area contributed by atoms with E-state index in [1.165, 1.54) is 0 Å². The number of hydrogen-bond acceptors (Lipinski definition) is 5. The van der Waals surface area contributed by atoms with Crippen LogP contribution in [0.1, 0.15) is 22.3 Å². The Morgan fingerprint density at radius 2 is 1.81 bits per heavy atom. The summed E-state index contributed by atoms with van der Waals surface area (Å²) in [6.07, 6.45) is 1.41. The van der Waals surface area contributed by atoms with Gasteiger partial charge >= 0.3 is 0 Å². The van der Waals surface area contributed by atoms with Crippen molar-refractivity contribution in [2.45, 2.75) is 31.6 Å². The maximum absolute atomic E-state index is 13.1. The molecule has 1 N–H and O–H groups in total. The summed E-state index contributed by atoms with van der Waals surface area (Å²) < 4.78 is 45.7. The third kappa shape index (κ3) is 2.67. The molecular formula is C19H21NO5S. The van der Waals surface area contributed by atoms with Crippen LogP contribution in [0.5, 0.6) is 17.2 Å². The molecule has 0 fully saturated rings. The van der Waals surface area contributed by atoms with E-state index in [0.29, 0.717) is 42.4 Å². The topological polar surface area (TPSA) is 73.9 Å². The summed E-state index contributed by atoms with van der Waals surface area (Å²) in [7, 11) is -2.20. The minimum Gasteiger partial charge on any atom is -0.496 e. The van der Waals surface area contributed by atoms with Crippen molar-refractivity contribution in [1.82, 2.24) is 0 Å². The summed E-state index contributed by atoms with van der Waals surface area (Å²) in [5.41, 5.74) is 3.74. The van der Waals surface area contributed by atoms with E-state index in [4.69, 9.17) is 14.2 Å². The second kappa shape index (κ2) is 6.09. The summed E-state index contributed by atoms with van der Waals surface area (Å²) in [5, 5.41) is 0. The highest BCUT2D eigenvalue weighted by atomic mass is 32.2. The van der Waals surface area contributed by atoms with Gasteiger partial charge in [-0.3, -0.25) is 4.72 Å². The molecule has 2 aliphatic rings. The minimum absolute atomic E-state index is 0.235.